The first-order chi connectivity index (χ1) is 23.9. The van der Waals surface area contributed by atoms with Gasteiger partial charge in [-0.15, -0.1) is 5.10 Å². The number of morpholine rings is 1. The van der Waals surface area contributed by atoms with Crippen LogP contribution in [0.25, 0.3) is 11.1 Å². The molecule has 1 saturated carbocycles. The van der Waals surface area contributed by atoms with Crippen LogP contribution in [-0.2, 0) is 9.47 Å². The summed E-state index contributed by atoms with van der Waals surface area (Å²) in [6.45, 7) is 6.72. The molecule has 2 bridgehead atoms. The molecule has 4 heterocycles. The van der Waals surface area contributed by atoms with E-state index in [1.807, 2.05) is 32.2 Å². The summed E-state index contributed by atoms with van der Waals surface area (Å²) in [6.07, 6.45) is 15.6. The van der Waals surface area contributed by atoms with E-state index in [1.165, 1.54) is 38.4 Å². The summed E-state index contributed by atoms with van der Waals surface area (Å²) in [4.78, 5) is 20.0. The first-order valence-electron chi connectivity index (χ1n) is 17.3. The Hall–Kier alpha value is -3.78. The zero-order valence-electron chi connectivity index (χ0n) is 28.6. The van der Waals surface area contributed by atoms with Gasteiger partial charge in [-0.05, 0) is 70.1 Å². The summed E-state index contributed by atoms with van der Waals surface area (Å²) in [5.41, 5.74) is 7.68. The van der Waals surface area contributed by atoms with Crippen molar-refractivity contribution in [1.29, 1.82) is 0 Å². The molecule has 2 aromatic heterocycles. The minimum atomic E-state index is -0.218. The summed E-state index contributed by atoms with van der Waals surface area (Å²) >= 11 is 6.44. The van der Waals surface area contributed by atoms with E-state index in [-0.39, 0.29) is 12.2 Å². The lowest BCUT2D eigenvalue weighted by atomic mass is 9.89. The van der Waals surface area contributed by atoms with Crippen LogP contribution in [0, 0.1) is 0 Å². The highest BCUT2D eigenvalue weighted by atomic mass is 35.5. The van der Waals surface area contributed by atoms with Crippen LogP contribution in [0.1, 0.15) is 64.8 Å². The Morgan fingerprint density at radius 1 is 1.00 bits per heavy atom. The SMILES string of the molecule is COCCC(C)Oc1nn(C2CCC(N3C4CC[C@H]3COC4)CC2)cc1Nc1ncc(-c2ccc(Cl)c(O[C@@H](C)CN=CN=CN)c2)cn1. The zero-order chi connectivity index (χ0) is 34.2. The summed E-state index contributed by atoms with van der Waals surface area (Å²) in [5, 5.41) is 8.82. The molecule has 1 aromatic carbocycles. The number of fused-ring (bicyclic) bond motifs is 2. The first kappa shape index (κ1) is 35.1. The quantitative estimate of drug-likeness (QED) is 0.151. The third kappa shape index (κ3) is 8.88. The Morgan fingerprint density at radius 3 is 2.43 bits per heavy atom. The number of hydrogen-bond acceptors (Lipinski definition) is 10. The van der Waals surface area contributed by atoms with Crippen molar-refractivity contribution in [3.63, 3.8) is 0 Å². The van der Waals surface area contributed by atoms with Crippen LogP contribution in [0.15, 0.2) is 46.8 Å². The molecule has 49 heavy (non-hydrogen) atoms. The highest BCUT2D eigenvalue weighted by molar-refractivity contribution is 6.32. The third-order valence-corrected chi connectivity index (χ3v) is 9.90. The lowest BCUT2D eigenvalue weighted by Crippen LogP contribution is -2.52. The van der Waals surface area contributed by atoms with Gasteiger partial charge in [-0.25, -0.2) is 15.0 Å². The molecule has 6 rings (SSSR count). The van der Waals surface area contributed by atoms with Gasteiger partial charge in [0.2, 0.25) is 5.95 Å². The Bertz CT molecular complexity index is 1540. The van der Waals surface area contributed by atoms with Crippen LogP contribution in [0.3, 0.4) is 0 Å². The number of ether oxygens (including phenoxy) is 4. The number of aliphatic imine (C=N–C) groups is 2. The van der Waals surface area contributed by atoms with E-state index in [4.69, 9.17) is 41.4 Å². The van der Waals surface area contributed by atoms with Crippen LogP contribution >= 0.6 is 11.6 Å². The Kier molecular flexibility index (Phi) is 12.0. The minimum absolute atomic E-state index is 0.0741. The molecule has 264 valence electrons. The molecule has 3 aliphatic rings. The maximum Gasteiger partial charge on any atom is 0.257 e. The van der Waals surface area contributed by atoms with Gasteiger partial charge in [-0.3, -0.25) is 14.6 Å². The number of rotatable bonds is 15. The van der Waals surface area contributed by atoms with Crippen molar-refractivity contribution in [2.75, 3.05) is 38.8 Å². The van der Waals surface area contributed by atoms with Crippen LogP contribution in [-0.4, -0.2) is 101 Å². The van der Waals surface area contributed by atoms with Gasteiger partial charge in [0, 0.05) is 56.2 Å². The van der Waals surface area contributed by atoms with Crippen LogP contribution < -0.4 is 20.5 Å². The number of anilines is 2. The van der Waals surface area contributed by atoms with Gasteiger partial charge in [0.1, 0.15) is 23.9 Å². The largest absolute Gasteiger partial charge is 0.487 e. The second-order valence-corrected chi connectivity index (χ2v) is 13.5. The number of benzene rings is 1. The highest BCUT2D eigenvalue weighted by Crippen LogP contribution is 2.40. The van der Waals surface area contributed by atoms with E-state index in [0.29, 0.717) is 59.9 Å². The molecule has 2 saturated heterocycles. The first-order valence-corrected chi connectivity index (χ1v) is 17.7. The average Bonchev–Trinajstić information content (AvgIpc) is 3.62. The standard InChI is InChI=1S/C35H48ClN9O4/c1-23(12-13-46-3)49-34-32(18-44(43-34)27-5-7-28(8-6-27)45-29-9-10-30(45)20-47-19-29)42-35-40-16-26(17-41-35)25-4-11-31(36)33(14-25)48-24(2)15-38-22-39-21-37/h4,11,14,16-18,21-24,27-30H,5-10,12-13,15,19-20H2,1-3H3,(H2,37,38,39)(H,40,41,42)/t23?,24-,27?,28?,29-,30?/m0/s1. The molecule has 2 unspecified atom stereocenters. The van der Waals surface area contributed by atoms with Gasteiger partial charge in [-0.1, -0.05) is 17.7 Å². The van der Waals surface area contributed by atoms with Crippen molar-refractivity contribution in [2.24, 2.45) is 15.7 Å². The zero-order valence-corrected chi connectivity index (χ0v) is 29.3. The van der Waals surface area contributed by atoms with Gasteiger partial charge in [0.25, 0.3) is 5.88 Å². The topological polar surface area (TPSA) is 147 Å². The van der Waals surface area contributed by atoms with Crippen LogP contribution in [0.2, 0.25) is 5.02 Å². The molecule has 0 spiro atoms. The fourth-order valence-electron chi connectivity index (χ4n) is 7.12. The van der Waals surface area contributed by atoms with Crippen molar-refractivity contribution in [1.82, 2.24) is 24.6 Å². The molecule has 1 aliphatic carbocycles. The Labute approximate surface area is 293 Å². The van der Waals surface area contributed by atoms with Gasteiger partial charge in [0.15, 0.2) is 0 Å². The van der Waals surface area contributed by atoms with Crippen molar-refractivity contribution in [3.05, 3.63) is 41.8 Å². The Balaban J connectivity index is 1.13. The van der Waals surface area contributed by atoms with Gasteiger partial charge < -0.3 is 30.0 Å². The Morgan fingerprint density at radius 2 is 1.71 bits per heavy atom. The van der Waals surface area contributed by atoms with Crippen molar-refractivity contribution < 1.29 is 18.9 Å². The maximum atomic E-state index is 6.44. The third-order valence-electron chi connectivity index (χ3n) is 9.59. The molecule has 14 heteroatoms. The van der Waals surface area contributed by atoms with E-state index >= 15 is 0 Å². The fourth-order valence-corrected chi connectivity index (χ4v) is 7.28. The number of methoxy groups -OCH3 is 1. The number of hydrogen-bond donors (Lipinski definition) is 2. The molecule has 4 atom stereocenters. The number of nitrogens with two attached hydrogens (primary N) is 1. The normalized spacial score (nSPS) is 24.0. The average molecular weight is 694 g/mol. The predicted octanol–water partition coefficient (Wildman–Crippen LogP) is 5.67. The highest BCUT2D eigenvalue weighted by Gasteiger charge is 2.42. The van der Waals surface area contributed by atoms with E-state index in [9.17, 15) is 0 Å². The minimum Gasteiger partial charge on any atom is -0.487 e. The van der Waals surface area contributed by atoms with Crippen molar-refractivity contribution in [2.45, 2.75) is 95.2 Å². The van der Waals surface area contributed by atoms with E-state index < -0.39 is 0 Å². The van der Waals surface area contributed by atoms with Gasteiger partial charge >= 0.3 is 0 Å². The molecular formula is C35H48ClN9O4. The van der Waals surface area contributed by atoms with Gasteiger partial charge in [-0.2, -0.15) is 0 Å². The van der Waals surface area contributed by atoms with E-state index in [2.05, 4.69) is 34.9 Å². The molecule has 2 aliphatic heterocycles. The lowest BCUT2D eigenvalue weighted by molar-refractivity contribution is -0.0458. The molecule has 0 radical (unpaired) electrons. The summed E-state index contributed by atoms with van der Waals surface area (Å²) < 4.78 is 25.6. The molecular weight excluding hydrogens is 646 g/mol. The number of aromatic nitrogens is 4. The molecule has 13 nitrogen and oxygen atoms in total. The maximum absolute atomic E-state index is 6.44. The van der Waals surface area contributed by atoms with Crippen molar-refractivity contribution >= 4 is 35.9 Å². The summed E-state index contributed by atoms with van der Waals surface area (Å²) in [6, 6.07) is 7.71. The molecule has 3 aromatic rings. The fraction of sp³-hybridized carbons (Fsp3) is 0.571. The van der Waals surface area contributed by atoms with Crippen molar-refractivity contribution in [3.8, 4) is 22.8 Å². The summed E-state index contributed by atoms with van der Waals surface area (Å²) in [7, 11) is 1.70. The predicted molar refractivity (Wildman–Crippen MR) is 191 cm³/mol. The van der Waals surface area contributed by atoms with Crippen LogP contribution in [0.4, 0.5) is 11.6 Å². The van der Waals surface area contributed by atoms with E-state index in [1.54, 1.807) is 25.6 Å². The number of halogens is 1. The molecule has 0 amide bonds. The van der Waals surface area contributed by atoms with Crippen LogP contribution in [0.5, 0.6) is 11.6 Å². The molecule has 3 fully saturated rings. The smallest absolute Gasteiger partial charge is 0.257 e. The molecule has 3 N–H and O–H groups in total. The number of nitrogens with zero attached hydrogens (tertiary/aromatic N) is 7. The second kappa shape index (κ2) is 16.8. The second-order valence-electron chi connectivity index (χ2n) is 13.1. The lowest BCUT2D eigenvalue weighted by Gasteiger charge is -2.43. The van der Waals surface area contributed by atoms with E-state index in [0.717, 1.165) is 49.3 Å². The summed E-state index contributed by atoms with van der Waals surface area (Å²) in [5.74, 6) is 1.54. The number of nitrogens with one attached hydrogen (secondary N) is 1. The monoisotopic (exact) mass is 693 g/mol. The van der Waals surface area contributed by atoms with Gasteiger partial charge in [0.05, 0.1) is 49.5 Å².